The molecule has 2 N–H and O–H groups in total. The van der Waals surface area contributed by atoms with Gasteiger partial charge in [-0.1, -0.05) is 25.2 Å². The molecular formula is C13H16F2N2OS. The Hall–Kier alpha value is -1.56. The van der Waals surface area contributed by atoms with E-state index in [2.05, 4.69) is 0 Å². The van der Waals surface area contributed by atoms with Crippen LogP contribution < -0.4 is 5.73 Å². The number of halogens is 2. The van der Waals surface area contributed by atoms with Crippen molar-refractivity contribution in [2.45, 2.75) is 19.8 Å². The molecule has 0 unspecified atom stereocenters. The summed E-state index contributed by atoms with van der Waals surface area (Å²) in [6.07, 6.45) is 0.770. The minimum atomic E-state index is -0.957. The lowest BCUT2D eigenvalue weighted by molar-refractivity contribution is -0.129. The molecule has 0 bridgehead atoms. The highest BCUT2D eigenvalue weighted by atomic mass is 32.1. The number of hydrogen-bond donors (Lipinski definition) is 1. The van der Waals surface area contributed by atoms with Crippen molar-refractivity contribution in [3.63, 3.8) is 0 Å². The van der Waals surface area contributed by atoms with Crippen LogP contribution in [-0.4, -0.2) is 28.9 Å². The van der Waals surface area contributed by atoms with Crippen molar-refractivity contribution in [1.29, 1.82) is 0 Å². The molecule has 0 aromatic heterocycles. The second-order valence-electron chi connectivity index (χ2n) is 4.21. The van der Waals surface area contributed by atoms with Crippen molar-refractivity contribution in [3.8, 4) is 0 Å². The Balaban J connectivity index is 2.74. The lowest BCUT2D eigenvalue weighted by Gasteiger charge is -2.21. The predicted molar refractivity (Wildman–Crippen MR) is 73.7 cm³/mol. The maximum Gasteiger partial charge on any atom is 0.227 e. The summed E-state index contributed by atoms with van der Waals surface area (Å²) >= 11 is 4.78. The van der Waals surface area contributed by atoms with Gasteiger partial charge in [-0.05, 0) is 24.1 Å². The van der Waals surface area contributed by atoms with Gasteiger partial charge in [0.25, 0.3) is 0 Å². The van der Waals surface area contributed by atoms with Crippen LogP contribution in [0.25, 0.3) is 0 Å². The van der Waals surface area contributed by atoms with Crippen molar-refractivity contribution in [2.24, 2.45) is 5.73 Å². The molecule has 0 spiro atoms. The summed E-state index contributed by atoms with van der Waals surface area (Å²) in [7, 11) is 0. The van der Waals surface area contributed by atoms with E-state index in [4.69, 9.17) is 18.0 Å². The van der Waals surface area contributed by atoms with Crippen molar-refractivity contribution in [1.82, 2.24) is 4.90 Å². The van der Waals surface area contributed by atoms with Crippen LogP contribution >= 0.6 is 12.2 Å². The third-order valence-corrected chi connectivity index (χ3v) is 2.66. The molecule has 1 aromatic rings. The lowest BCUT2D eigenvalue weighted by Crippen LogP contribution is -2.39. The first-order chi connectivity index (χ1) is 8.93. The Kier molecular flexibility index (Phi) is 5.82. The van der Waals surface area contributed by atoms with Gasteiger partial charge in [0.05, 0.1) is 18.0 Å². The molecule has 1 rings (SSSR count). The number of thiocarbonyl (C=S) groups is 1. The van der Waals surface area contributed by atoms with Gasteiger partial charge >= 0.3 is 0 Å². The zero-order valence-electron chi connectivity index (χ0n) is 10.7. The molecule has 0 atom stereocenters. The fraction of sp³-hybridized carbons (Fsp3) is 0.385. The first-order valence-electron chi connectivity index (χ1n) is 5.94. The third-order valence-electron chi connectivity index (χ3n) is 2.53. The molecule has 104 valence electrons. The summed E-state index contributed by atoms with van der Waals surface area (Å²) in [5.41, 5.74) is 5.85. The standard InChI is InChI=1S/C13H16F2N2OS/c1-2-5-17(8-12(16)19)13(18)7-9-3-4-10(14)11(15)6-9/h3-4,6H,2,5,7-8H2,1H3,(H2,16,19). The molecule has 0 radical (unpaired) electrons. The maximum absolute atomic E-state index is 13.0. The van der Waals surface area contributed by atoms with Crippen LogP contribution in [0, 0.1) is 11.6 Å². The van der Waals surface area contributed by atoms with Gasteiger partial charge in [-0.2, -0.15) is 0 Å². The first kappa shape index (κ1) is 15.5. The van der Waals surface area contributed by atoms with E-state index in [-0.39, 0.29) is 23.9 Å². The van der Waals surface area contributed by atoms with Gasteiger partial charge in [0.2, 0.25) is 5.91 Å². The number of carbonyl (C=O) groups is 1. The number of carbonyl (C=O) groups excluding carboxylic acids is 1. The van der Waals surface area contributed by atoms with Crippen LogP contribution in [0.3, 0.4) is 0 Å². The van der Waals surface area contributed by atoms with E-state index >= 15 is 0 Å². The van der Waals surface area contributed by atoms with Crippen LogP contribution in [0.15, 0.2) is 18.2 Å². The van der Waals surface area contributed by atoms with Gasteiger partial charge in [-0.3, -0.25) is 4.79 Å². The second kappa shape index (κ2) is 7.13. The van der Waals surface area contributed by atoms with E-state index in [0.717, 1.165) is 18.6 Å². The number of amides is 1. The largest absolute Gasteiger partial charge is 0.392 e. The molecule has 0 heterocycles. The summed E-state index contributed by atoms with van der Waals surface area (Å²) in [5.74, 6) is -2.09. The Labute approximate surface area is 116 Å². The zero-order chi connectivity index (χ0) is 14.4. The van der Waals surface area contributed by atoms with Crippen molar-refractivity contribution < 1.29 is 13.6 Å². The molecule has 0 fully saturated rings. The summed E-state index contributed by atoms with van der Waals surface area (Å²) in [6, 6.07) is 3.43. The molecule has 1 aromatic carbocycles. The monoisotopic (exact) mass is 286 g/mol. The van der Waals surface area contributed by atoms with Crippen LogP contribution in [-0.2, 0) is 11.2 Å². The van der Waals surface area contributed by atoms with Gasteiger partial charge in [0.1, 0.15) is 0 Å². The quantitative estimate of drug-likeness (QED) is 0.814. The number of nitrogens with two attached hydrogens (primary N) is 1. The molecular weight excluding hydrogens is 270 g/mol. The van der Waals surface area contributed by atoms with Gasteiger partial charge in [0, 0.05) is 6.54 Å². The molecule has 0 aliphatic rings. The number of nitrogens with zero attached hydrogens (tertiary/aromatic N) is 1. The highest BCUT2D eigenvalue weighted by molar-refractivity contribution is 7.80. The molecule has 3 nitrogen and oxygen atoms in total. The second-order valence-corrected chi connectivity index (χ2v) is 4.73. The summed E-state index contributed by atoms with van der Waals surface area (Å²) in [6.45, 7) is 2.66. The predicted octanol–water partition coefficient (Wildman–Crippen LogP) is 2.03. The Morgan fingerprint density at radius 1 is 1.37 bits per heavy atom. The van der Waals surface area contributed by atoms with Gasteiger partial charge < -0.3 is 10.6 Å². The summed E-state index contributed by atoms with van der Waals surface area (Å²) in [5, 5.41) is 0. The molecule has 19 heavy (non-hydrogen) atoms. The van der Waals surface area contributed by atoms with Gasteiger partial charge in [-0.25, -0.2) is 8.78 Å². The highest BCUT2D eigenvalue weighted by Gasteiger charge is 2.15. The summed E-state index contributed by atoms with van der Waals surface area (Å²) in [4.78, 5) is 13.8. The van der Waals surface area contributed by atoms with Crippen LogP contribution in [0.2, 0.25) is 0 Å². The minimum Gasteiger partial charge on any atom is -0.392 e. The highest BCUT2D eigenvalue weighted by Crippen LogP contribution is 2.10. The third kappa shape index (κ3) is 4.90. The lowest BCUT2D eigenvalue weighted by atomic mass is 10.1. The van der Waals surface area contributed by atoms with E-state index in [1.807, 2.05) is 6.92 Å². The number of benzene rings is 1. The summed E-state index contributed by atoms with van der Waals surface area (Å²) < 4.78 is 25.8. The Morgan fingerprint density at radius 2 is 2.05 bits per heavy atom. The topological polar surface area (TPSA) is 46.3 Å². The van der Waals surface area contributed by atoms with Gasteiger partial charge in [-0.15, -0.1) is 0 Å². The van der Waals surface area contributed by atoms with E-state index in [9.17, 15) is 13.6 Å². The van der Waals surface area contributed by atoms with Crippen molar-refractivity contribution >= 4 is 23.1 Å². The SMILES string of the molecule is CCCN(CC(N)=S)C(=O)Cc1ccc(F)c(F)c1. The van der Waals surface area contributed by atoms with Gasteiger partial charge in [0.15, 0.2) is 11.6 Å². The van der Waals surface area contributed by atoms with E-state index in [0.29, 0.717) is 12.1 Å². The average molecular weight is 286 g/mol. The Bertz CT molecular complexity index is 480. The van der Waals surface area contributed by atoms with E-state index < -0.39 is 11.6 Å². The van der Waals surface area contributed by atoms with Crippen LogP contribution in [0.1, 0.15) is 18.9 Å². The number of hydrogen-bond acceptors (Lipinski definition) is 2. The fourth-order valence-electron chi connectivity index (χ4n) is 1.69. The van der Waals surface area contributed by atoms with Crippen molar-refractivity contribution in [2.75, 3.05) is 13.1 Å². The Morgan fingerprint density at radius 3 is 2.58 bits per heavy atom. The maximum atomic E-state index is 13.0. The van der Waals surface area contributed by atoms with E-state index in [1.54, 1.807) is 0 Å². The molecule has 6 heteroatoms. The fourth-order valence-corrected chi connectivity index (χ4v) is 1.84. The molecule has 0 aliphatic heterocycles. The molecule has 0 saturated carbocycles. The van der Waals surface area contributed by atoms with E-state index in [1.165, 1.54) is 11.0 Å². The molecule has 0 saturated heterocycles. The van der Waals surface area contributed by atoms with Crippen molar-refractivity contribution in [3.05, 3.63) is 35.4 Å². The zero-order valence-corrected chi connectivity index (χ0v) is 11.5. The average Bonchev–Trinajstić information content (AvgIpc) is 2.33. The van der Waals surface area contributed by atoms with Crippen LogP contribution in [0.4, 0.5) is 8.78 Å². The van der Waals surface area contributed by atoms with Crippen LogP contribution in [0.5, 0.6) is 0 Å². The molecule has 0 aliphatic carbocycles. The first-order valence-corrected chi connectivity index (χ1v) is 6.34. The number of rotatable bonds is 6. The minimum absolute atomic E-state index is 0.000185. The normalized spacial score (nSPS) is 10.3. The molecule has 1 amide bonds. The smallest absolute Gasteiger partial charge is 0.227 e.